The van der Waals surface area contributed by atoms with Crippen molar-refractivity contribution in [2.45, 2.75) is 6.92 Å². The minimum Gasteiger partial charge on any atom is -0.542 e. The second-order valence-electron chi connectivity index (χ2n) is 1.51. The monoisotopic (exact) mass is 312 g/mol. The number of hydrogen-bond donors (Lipinski definition) is 0. The first-order valence-corrected chi connectivity index (χ1v) is 2.78. The molecular formula is C7H14NOW-3. The van der Waals surface area contributed by atoms with Gasteiger partial charge in [0.1, 0.15) is 0 Å². The van der Waals surface area contributed by atoms with Crippen LogP contribution >= 0.6 is 0 Å². The molecule has 0 aliphatic heterocycles. The standard InChI is InChI=1S/C5H11N.C2H3O.W/c1-4-6(3)5-2;1-2-3;/h1-2,4-5H2,3H3;1H3;/q-2;-1;. The Hall–Kier alpha value is 0.318. The number of rotatable bonds is 2. The summed E-state index contributed by atoms with van der Waals surface area (Å²) >= 11 is 0. The maximum atomic E-state index is 8.68. The zero-order chi connectivity index (χ0) is 7.70. The van der Waals surface area contributed by atoms with Gasteiger partial charge in [0.15, 0.2) is 0 Å². The third-order valence-corrected chi connectivity index (χ3v) is 0.763. The van der Waals surface area contributed by atoms with Crippen molar-refractivity contribution in [3.8, 4) is 0 Å². The molecule has 0 saturated carbocycles. The minimum atomic E-state index is 0. The first-order chi connectivity index (χ1) is 4.22. The van der Waals surface area contributed by atoms with Crippen molar-refractivity contribution in [3.63, 3.8) is 0 Å². The SMILES string of the molecule is C[C-]=O.[CH2-]CN(C)C[CH2-].[W]. The molecule has 2 nitrogen and oxygen atoms in total. The zero-order valence-corrected chi connectivity index (χ0v) is 9.53. The molecule has 0 aromatic heterocycles. The molecule has 0 aromatic carbocycles. The van der Waals surface area contributed by atoms with Crippen LogP contribution in [0.2, 0.25) is 0 Å². The first kappa shape index (κ1) is 16.7. The van der Waals surface area contributed by atoms with Gasteiger partial charge in [-0.25, -0.2) is 0 Å². The van der Waals surface area contributed by atoms with Gasteiger partial charge in [-0.05, 0) is 7.05 Å². The van der Waals surface area contributed by atoms with Gasteiger partial charge in [0.2, 0.25) is 0 Å². The maximum Gasteiger partial charge on any atom is 0 e. The number of nitrogens with zero attached hydrogens (tertiary/aromatic N) is 1. The van der Waals surface area contributed by atoms with Crippen LogP contribution in [0.1, 0.15) is 6.92 Å². The molecule has 0 bridgehead atoms. The summed E-state index contributed by atoms with van der Waals surface area (Å²) in [6, 6.07) is 0. The van der Waals surface area contributed by atoms with E-state index < -0.39 is 0 Å². The number of hydrogen-bond acceptors (Lipinski definition) is 2. The molecule has 0 aliphatic carbocycles. The van der Waals surface area contributed by atoms with E-state index in [1.54, 1.807) is 0 Å². The van der Waals surface area contributed by atoms with Gasteiger partial charge in [-0.2, -0.15) is 6.92 Å². The molecule has 0 radical (unpaired) electrons. The molecule has 0 rings (SSSR count). The molecule has 0 amide bonds. The normalized spacial score (nSPS) is 7.30. The Morgan fingerprint density at radius 2 is 1.60 bits per heavy atom. The van der Waals surface area contributed by atoms with Crippen LogP contribution in [-0.2, 0) is 25.9 Å². The summed E-state index contributed by atoms with van der Waals surface area (Å²) in [5.41, 5.74) is 0. The van der Waals surface area contributed by atoms with Crippen LogP contribution in [0.4, 0.5) is 0 Å². The Balaban J connectivity index is -0.000000107. The van der Waals surface area contributed by atoms with Crippen LogP contribution in [0.3, 0.4) is 0 Å². The average Bonchev–Trinajstić information content (AvgIpc) is 1.88. The summed E-state index contributed by atoms with van der Waals surface area (Å²) in [5, 5.41) is 0. The van der Waals surface area contributed by atoms with Crippen molar-refractivity contribution >= 4 is 6.29 Å². The fraction of sp³-hybridized carbons (Fsp3) is 0.571. The average molecular weight is 312 g/mol. The molecule has 3 heteroatoms. The molecule has 0 N–H and O–H groups in total. The van der Waals surface area contributed by atoms with Gasteiger partial charge < -0.3 is 23.5 Å². The molecular weight excluding hydrogens is 298 g/mol. The molecule has 0 fully saturated rings. The predicted octanol–water partition coefficient (Wildman–Crippen LogP) is 0.700. The maximum absolute atomic E-state index is 8.68. The van der Waals surface area contributed by atoms with E-state index in [0.29, 0.717) is 0 Å². The van der Waals surface area contributed by atoms with Gasteiger partial charge in [-0.3, -0.25) is 6.29 Å². The van der Waals surface area contributed by atoms with E-state index in [0.717, 1.165) is 13.1 Å². The van der Waals surface area contributed by atoms with Gasteiger partial charge in [-0.15, -0.1) is 13.1 Å². The quantitative estimate of drug-likeness (QED) is 0.700. The predicted molar refractivity (Wildman–Crippen MR) is 39.6 cm³/mol. The van der Waals surface area contributed by atoms with Crippen LogP contribution in [0, 0.1) is 13.8 Å². The Bertz CT molecular complexity index is 55.6. The largest absolute Gasteiger partial charge is 0.542 e. The molecule has 0 heterocycles. The summed E-state index contributed by atoms with van der Waals surface area (Å²) < 4.78 is 0. The van der Waals surface area contributed by atoms with Crippen molar-refractivity contribution in [2.24, 2.45) is 0 Å². The van der Waals surface area contributed by atoms with E-state index in [2.05, 4.69) is 13.8 Å². The third kappa shape index (κ3) is 23.9. The summed E-state index contributed by atoms with van der Waals surface area (Å²) in [7, 11) is 1.99. The van der Waals surface area contributed by atoms with Gasteiger partial charge in [0.25, 0.3) is 0 Å². The Morgan fingerprint density at radius 1 is 1.40 bits per heavy atom. The summed E-state index contributed by atoms with van der Waals surface area (Å²) in [6.45, 7) is 10.3. The summed E-state index contributed by atoms with van der Waals surface area (Å²) in [4.78, 5) is 10.7. The van der Waals surface area contributed by atoms with Gasteiger partial charge in [-0.1, -0.05) is 0 Å². The fourth-order valence-corrected chi connectivity index (χ4v) is 0.112. The van der Waals surface area contributed by atoms with Crippen molar-refractivity contribution < 1.29 is 25.9 Å². The Kier molecular flexibility index (Phi) is 27.0. The van der Waals surface area contributed by atoms with E-state index in [1.165, 1.54) is 13.2 Å². The van der Waals surface area contributed by atoms with Crippen LogP contribution in [0.15, 0.2) is 0 Å². The molecule has 0 atom stereocenters. The zero-order valence-electron chi connectivity index (χ0n) is 6.59. The van der Waals surface area contributed by atoms with Gasteiger partial charge in [0.05, 0.1) is 0 Å². The number of carbonyl (C=O) groups excluding carboxylic acids is 1. The topological polar surface area (TPSA) is 20.3 Å². The molecule has 0 spiro atoms. The van der Waals surface area contributed by atoms with E-state index in [4.69, 9.17) is 4.79 Å². The molecule has 0 aromatic rings. The molecule has 0 saturated heterocycles. The Morgan fingerprint density at radius 3 is 1.60 bits per heavy atom. The van der Waals surface area contributed by atoms with Crippen LogP contribution in [-0.4, -0.2) is 31.3 Å². The summed E-state index contributed by atoms with van der Waals surface area (Å²) in [5.74, 6) is 0. The van der Waals surface area contributed by atoms with E-state index >= 15 is 0 Å². The fourth-order valence-electron chi connectivity index (χ4n) is 0.112. The molecule has 10 heavy (non-hydrogen) atoms. The molecule has 0 unspecified atom stereocenters. The third-order valence-electron chi connectivity index (χ3n) is 0.763. The van der Waals surface area contributed by atoms with Crippen molar-refractivity contribution in [1.29, 1.82) is 0 Å². The van der Waals surface area contributed by atoms with Gasteiger partial charge >= 0.3 is 0 Å². The van der Waals surface area contributed by atoms with Crippen molar-refractivity contribution in [2.75, 3.05) is 20.1 Å². The van der Waals surface area contributed by atoms with Crippen LogP contribution in [0.5, 0.6) is 0 Å². The minimum absolute atomic E-state index is 0. The van der Waals surface area contributed by atoms with E-state index in [-0.39, 0.29) is 21.1 Å². The van der Waals surface area contributed by atoms with Crippen LogP contribution < -0.4 is 0 Å². The van der Waals surface area contributed by atoms with E-state index in [9.17, 15) is 0 Å². The molecule has 62 valence electrons. The second-order valence-corrected chi connectivity index (χ2v) is 1.51. The Labute approximate surface area is 78.2 Å². The summed E-state index contributed by atoms with van der Waals surface area (Å²) in [6.07, 6.45) is 1.50. The first-order valence-electron chi connectivity index (χ1n) is 2.78. The van der Waals surface area contributed by atoms with Crippen LogP contribution in [0.25, 0.3) is 0 Å². The van der Waals surface area contributed by atoms with Crippen molar-refractivity contribution in [3.05, 3.63) is 13.8 Å². The van der Waals surface area contributed by atoms with Gasteiger partial charge in [0, 0.05) is 21.1 Å². The second kappa shape index (κ2) is 16.2. The smallest absolute Gasteiger partial charge is 0 e. The molecule has 0 aliphatic rings. The van der Waals surface area contributed by atoms with Crippen molar-refractivity contribution in [1.82, 2.24) is 4.90 Å². The van der Waals surface area contributed by atoms with E-state index in [1.807, 2.05) is 11.9 Å².